The summed E-state index contributed by atoms with van der Waals surface area (Å²) in [5, 5.41) is 0. The van der Waals surface area contributed by atoms with Crippen molar-refractivity contribution >= 4 is 25.8 Å². The van der Waals surface area contributed by atoms with Crippen LogP contribution in [0.25, 0.3) is 0 Å². The Bertz CT molecular complexity index is 8.00. The summed E-state index contributed by atoms with van der Waals surface area (Å²) in [6, 6.07) is 0. The van der Waals surface area contributed by atoms with Crippen LogP contribution in [0.3, 0.4) is 0 Å². The van der Waals surface area contributed by atoms with Gasteiger partial charge in [0.15, 0.2) is 0 Å². The first-order valence-corrected chi connectivity index (χ1v) is 1.79. The smallest absolute Gasteiger partial charge is 0 e. The number of hydrogen-bond acceptors (Lipinski definition) is 1. The van der Waals surface area contributed by atoms with Gasteiger partial charge in [-0.1, -0.05) is 0 Å². The molecule has 0 saturated carbocycles. The van der Waals surface area contributed by atoms with Crippen LogP contribution < -0.4 is 0 Å². The Kier molecular flexibility index (Phi) is 75.7. The zero-order valence-electron chi connectivity index (χ0n) is 1.89. The molecule has 0 spiro atoms. The van der Waals surface area contributed by atoms with E-state index in [0.717, 1.165) is 0 Å². The second kappa shape index (κ2) is 18.6. The van der Waals surface area contributed by atoms with E-state index in [0.29, 0.717) is 0 Å². The van der Waals surface area contributed by atoms with Crippen LogP contribution in [0.4, 0.5) is 0 Å². The molecule has 0 aliphatic rings. The molecule has 4 heteroatoms. The van der Waals surface area contributed by atoms with Gasteiger partial charge < -0.3 is 0 Å². The van der Waals surface area contributed by atoms with E-state index in [1.165, 1.54) is 0 Å². The van der Waals surface area contributed by atoms with Gasteiger partial charge in [0.1, 0.15) is 0 Å². The van der Waals surface area contributed by atoms with Gasteiger partial charge >= 0.3 is 28.5 Å². The summed E-state index contributed by atoms with van der Waals surface area (Å²) in [6.45, 7) is 0. The molecule has 0 amide bonds. The Balaban J connectivity index is -0.00000000500. The molecule has 0 aromatic rings. The molecule has 0 unspecified atom stereocenters. The molecule has 0 aliphatic heterocycles. The van der Waals surface area contributed by atoms with Crippen molar-refractivity contribution in [2.45, 2.75) is 0 Å². The summed E-state index contributed by atoms with van der Waals surface area (Å²) in [5.74, 6) is 0. The molecule has 0 aliphatic carbocycles. The minimum Gasteiger partial charge on any atom is 0 e. The van der Waals surface area contributed by atoms with Crippen LogP contribution in [-0.4, -0.2) is 25.8 Å². The monoisotopic (exact) mass is 367 g/mol. The summed E-state index contributed by atoms with van der Waals surface area (Å²) >= 11 is 0.0556. The zero-order chi connectivity index (χ0) is 2.00. The molecule has 0 saturated heterocycles. The third-order valence-corrected chi connectivity index (χ3v) is 0. The van der Waals surface area contributed by atoms with Gasteiger partial charge in [-0.05, 0) is 0 Å². The minimum atomic E-state index is 0. The van der Waals surface area contributed by atoms with E-state index in [1.807, 2.05) is 0 Å². The van der Waals surface area contributed by atoms with Crippen molar-refractivity contribution < 1.29 is 49.6 Å². The van der Waals surface area contributed by atoms with Crippen molar-refractivity contribution in [1.82, 2.24) is 0 Å². The Labute approximate surface area is 74.1 Å². The maximum atomic E-state index is 8.39. The maximum Gasteiger partial charge on any atom is 0 e. The van der Waals surface area contributed by atoms with Gasteiger partial charge in [0.25, 0.3) is 0 Å². The van der Waals surface area contributed by atoms with E-state index < -0.39 is 0 Å². The predicted molar refractivity (Wildman–Crippen MR) is 6.44 cm³/mol. The van der Waals surface area contributed by atoms with Crippen LogP contribution in [0.1, 0.15) is 0 Å². The molecule has 19 valence electrons. The molecule has 0 aromatic carbocycles. The fourth-order valence-electron chi connectivity index (χ4n) is 0. The molecule has 3 radical (unpaired) electrons. The summed E-state index contributed by atoms with van der Waals surface area (Å²) in [5.41, 5.74) is 0. The van der Waals surface area contributed by atoms with Gasteiger partial charge in [-0.3, -0.25) is 0 Å². The van der Waals surface area contributed by atoms with Gasteiger partial charge in [-0.15, -0.1) is 0 Å². The van der Waals surface area contributed by atoms with Gasteiger partial charge in [0.05, 0.1) is 0 Å². The first kappa shape index (κ1) is 16.3. The van der Waals surface area contributed by atoms with Crippen molar-refractivity contribution in [3.63, 3.8) is 0 Å². The van der Waals surface area contributed by atoms with E-state index in [1.54, 1.807) is 0 Å². The summed E-state index contributed by atoms with van der Waals surface area (Å²) in [7, 11) is 0. The van der Waals surface area contributed by atoms with Crippen LogP contribution in [0.15, 0.2) is 0 Å². The zero-order valence-corrected chi connectivity index (χ0v) is 9.59. The fraction of sp³-hybridized carbons (Fsp3) is 0. The molecule has 4 heavy (non-hydrogen) atoms. The minimum absolute atomic E-state index is 0. The maximum absolute atomic E-state index is 8.39. The average Bonchev–Trinajstić information content (AvgIpc) is 1.00. The molecule has 0 heterocycles. The van der Waals surface area contributed by atoms with Crippen LogP contribution in [-0.2, 0) is 49.6 Å². The SMILES string of the molecule is [Mo].[O]=[Pb].[Sc]. The Morgan fingerprint density at radius 1 is 1.25 bits per heavy atom. The molecule has 0 atom stereocenters. The third kappa shape index (κ3) is 8.86. The molecule has 0 rings (SSSR count). The van der Waals surface area contributed by atoms with Gasteiger partial charge in [-0.2, -0.15) is 0 Å². The Hall–Kier alpha value is 2.28. The Morgan fingerprint density at radius 2 is 1.25 bits per heavy atom. The van der Waals surface area contributed by atoms with Crippen molar-refractivity contribution in [2.24, 2.45) is 0 Å². The largest absolute Gasteiger partial charge is 0 e. The quantitative estimate of drug-likeness (QED) is 0.530. The van der Waals surface area contributed by atoms with E-state index in [-0.39, 0.29) is 72.7 Å². The second-order valence-electron chi connectivity index (χ2n) is 0. The van der Waals surface area contributed by atoms with Gasteiger partial charge in [0.2, 0.25) is 0 Å². The fourth-order valence-corrected chi connectivity index (χ4v) is 0. The Morgan fingerprint density at radius 3 is 1.25 bits per heavy atom. The van der Waals surface area contributed by atoms with E-state index >= 15 is 0 Å². The van der Waals surface area contributed by atoms with E-state index in [4.69, 9.17) is 2.69 Å². The number of hydrogen-bond donors (Lipinski definition) is 0. The molecule has 0 N–H and O–H groups in total. The topological polar surface area (TPSA) is 17.1 Å². The molecule has 0 bridgehead atoms. The van der Waals surface area contributed by atoms with Crippen LogP contribution >= 0.6 is 0 Å². The molecule has 0 aromatic heterocycles. The van der Waals surface area contributed by atoms with Crippen molar-refractivity contribution in [1.29, 1.82) is 0 Å². The first-order chi connectivity index (χ1) is 1.00. The van der Waals surface area contributed by atoms with Gasteiger partial charge in [-0.25, -0.2) is 0 Å². The van der Waals surface area contributed by atoms with Crippen LogP contribution in [0.5, 0.6) is 0 Å². The summed E-state index contributed by atoms with van der Waals surface area (Å²) in [6.07, 6.45) is 0. The molecular weight excluding hydrogens is 364 g/mol. The third-order valence-electron chi connectivity index (χ3n) is 0. The standard InChI is InChI=1S/Mo.O.Pb.Sc. The first-order valence-electron chi connectivity index (χ1n) is 0.204. The summed E-state index contributed by atoms with van der Waals surface area (Å²) < 4.78 is 8.39. The second-order valence-corrected chi connectivity index (χ2v) is 0. The van der Waals surface area contributed by atoms with Crippen LogP contribution in [0.2, 0.25) is 0 Å². The normalized spacial score (nSPS) is 1.00. The average molecular weight is 364 g/mol. The molecule has 0 fully saturated rings. The van der Waals surface area contributed by atoms with E-state index in [9.17, 15) is 0 Å². The predicted octanol–water partition coefficient (Wildman–Crippen LogP) is -0.505. The molecular formula is MoOPbSc. The van der Waals surface area contributed by atoms with Crippen LogP contribution in [0, 0.1) is 0 Å². The molecule has 1 nitrogen and oxygen atoms in total. The number of rotatable bonds is 0. The van der Waals surface area contributed by atoms with Crippen molar-refractivity contribution in [3.8, 4) is 0 Å². The summed E-state index contributed by atoms with van der Waals surface area (Å²) in [4.78, 5) is 0. The van der Waals surface area contributed by atoms with Gasteiger partial charge in [0, 0.05) is 46.9 Å². The van der Waals surface area contributed by atoms with Crippen molar-refractivity contribution in [3.05, 3.63) is 0 Å². The van der Waals surface area contributed by atoms with E-state index in [2.05, 4.69) is 0 Å². The van der Waals surface area contributed by atoms with Crippen molar-refractivity contribution in [2.75, 3.05) is 0 Å².